The summed E-state index contributed by atoms with van der Waals surface area (Å²) in [4.78, 5) is 14.2. The van der Waals surface area contributed by atoms with Gasteiger partial charge in [-0.3, -0.25) is 9.69 Å². The van der Waals surface area contributed by atoms with Gasteiger partial charge in [-0.15, -0.1) is 0 Å². The van der Waals surface area contributed by atoms with Crippen molar-refractivity contribution in [2.24, 2.45) is 0 Å². The first-order valence-electron chi connectivity index (χ1n) is 7.83. The van der Waals surface area contributed by atoms with Crippen molar-refractivity contribution in [1.82, 2.24) is 5.32 Å². The first-order valence-corrected chi connectivity index (χ1v) is 8.24. The van der Waals surface area contributed by atoms with E-state index in [1.54, 1.807) is 18.2 Å². The molecule has 0 atom stereocenters. The summed E-state index contributed by atoms with van der Waals surface area (Å²) in [5.74, 6) is 0.142. The van der Waals surface area contributed by atoms with Crippen LogP contribution in [0.5, 0.6) is 17.2 Å². The van der Waals surface area contributed by atoms with Crippen molar-refractivity contribution >= 4 is 35.0 Å². The van der Waals surface area contributed by atoms with Crippen molar-refractivity contribution in [3.8, 4) is 17.2 Å². The first kappa shape index (κ1) is 17.8. The molecule has 26 heavy (non-hydrogen) atoms. The summed E-state index contributed by atoms with van der Waals surface area (Å²) in [5.41, 5.74) is 2.74. The van der Waals surface area contributed by atoms with Gasteiger partial charge in [0.1, 0.15) is 5.70 Å². The van der Waals surface area contributed by atoms with Gasteiger partial charge in [-0.1, -0.05) is 17.7 Å². The molecule has 2 aromatic carbocycles. The molecule has 1 heterocycles. The van der Waals surface area contributed by atoms with E-state index in [1.165, 1.54) is 19.1 Å². The number of ether oxygens (including phenoxy) is 2. The van der Waals surface area contributed by atoms with E-state index in [0.717, 1.165) is 5.56 Å². The quantitative estimate of drug-likeness (QED) is 0.637. The zero-order valence-corrected chi connectivity index (χ0v) is 15.4. The number of carbonyl (C=O) groups excluding carboxylic acids is 1. The highest BCUT2D eigenvalue weighted by Gasteiger charge is 2.32. The maximum atomic E-state index is 12.8. The fraction of sp³-hybridized carbons (Fsp3) is 0.158. The van der Waals surface area contributed by atoms with Crippen LogP contribution in [0.25, 0.3) is 6.08 Å². The van der Waals surface area contributed by atoms with Gasteiger partial charge < -0.3 is 19.9 Å². The number of thiocarbonyl (C=S) groups is 1. The van der Waals surface area contributed by atoms with E-state index in [4.69, 9.17) is 21.7 Å². The molecular formula is C19H18N2O4S. The molecule has 1 fully saturated rings. The molecule has 0 aromatic heterocycles. The van der Waals surface area contributed by atoms with E-state index >= 15 is 0 Å². The smallest absolute Gasteiger partial charge is 0.281 e. The van der Waals surface area contributed by atoms with Crippen LogP contribution in [-0.2, 0) is 4.79 Å². The fourth-order valence-electron chi connectivity index (χ4n) is 2.63. The van der Waals surface area contributed by atoms with E-state index < -0.39 is 0 Å². The van der Waals surface area contributed by atoms with Gasteiger partial charge in [-0.25, -0.2) is 0 Å². The number of phenols is 1. The monoisotopic (exact) mass is 370 g/mol. The molecule has 0 radical (unpaired) electrons. The molecule has 0 unspecified atom stereocenters. The fourth-order valence-corrected chi connectivity index (χ4v) is 2.93. The molecule has 3 rings (SSSR count). The van der Waals surface area contributed by atoms with Crippen molar-refractivity contribution in [3.63, 3.8) is 0 Å². The number of benzene rings is 2. The number of anilines is 1. The van der Waals surface area contributed by atoms with E-state index in [9.17, 15) is 9.90 Å². The van der Waals surface area contributed by atoms with E-state index in [-0.39, 0.29) is 23.2 Å². The Bertz CT molecular complexity index is 881. The number of hydrogen-bond donors (Lipinski definition) is 2. The van der Waals surface area contributed by atoms with Gasteiger partial charge in [0, 0.05) is 0 Å². The summed E-state index contributed by atoms with van der Waals surface area (Å²) >= 11 is 5.31. The first-order chi connectivity index (χ1) is 12.4. The van der Waals surface area contributed by atoms with Crippen LogP contribution >= 0.6 is 12.2 Å². The molecule has 0 saturated carbocycles. The second-order valence-corrected chi connectivity index (χ2v) is 6.13. The molecule has 7 heteroatoms. The lowest BCUT2D eigenvalue weighted by atomic mass is 10.1. The van der Waals surface area contributed by atoms with Crippen LogP contribution in [0.15, 0.2) is 42.1 Å². The minimum absolute atomic E-state index is 0.0975. The number of methoxy groups -OCH3 is 2. The summed E-state index contributed by atoms with van der Waals surface area (Å²) in [6, 6.07) is 10.7. The minimum Gasteiger partial charge on any atom is -0.502 e. The van der Waals surface area contributed by atoms with Crippen molar-refractivity contribution < 1.29 is 19.4 Å². The zero-order chi connectivity index (χ0) is 18.8. The molecule has 1 aliphatic heterocycles. The number of aryl methyl sites for hydroxylation is 1. The molecule has 0 spiro atoms. The lowest BCUT2D eigenvalue weighted by molar-refractivity contribution is -0.113. The number of nitrogens with zero attached hydrogens (tertiary/aromatic N) is 1. The standard InChI is InChI=1S/C19H18N2O4S/c1-11-4-6-13(7-5-11)21-18(23)14(20-19(21)26)8-12-9-15(24-2)17(22)16(10-12)25-3/h4-10,22H,1-3H3,(H,20,26)/b14-8-. The average molecular weight is 370 g/mol. The number of rotatable bonds is 4. The SMILES string of the molecule is COc1cc(/C=C2\NC(=S)N(c3ccc(C)cc3)C2=O)cc(OC)c1O. The van der Waals surface area contributed by atoms with Gasteiger partial charge >= 0.3 is 0 Å². The topological polar surface area (TPSA) is 71.0 Å². The van der Waals surface area contributed by atoms with E-state index in [0.29, 0.717) is 22.1 Å². The number of amides is 1. The molecule has 0 bridgehead atoms. The van der Waals surface area contributed by atoms with Crippen molar-refractivity contribution in [2.75, 3.05) is 19.1 Å². The Kier molecular flexibility index (Phi) is 4.81. The maximum Gasteiger partial charge on any atom is 0.281 e. The lowest BCUT2D eigenvalue weighted by Gasteiger charge is -2.14. The molecule has 6 nitrogen and oxygen atoms in total. The summed E-state index contributed by atoms with van der Waals surface area (Å²) in [5, 5.41) is 13.2. The second-order valence-electron chi connectivity index (χ2n) is 5.74. The van der Waals surface area contributed by atoms with Crippen molar-refractivity contribution in [3.05, 3.63) is 53.2 Å². The lowest BCUT2D eigenvalue weighted by Crippen LogP contribution is -2.30. The molecular weight excluding hydrogens is 352 g/mol. The number of nitrogens with one attached hydrogen (secondary N) is 1. The Morgan fingerprint density at radius 3 is 2.23 bits per heavy atom. The Hall–Kier alpha value is -3.06. The highest BCUT2D eigenvalue weighted by molar-refractivity contribution is 7.80. The van der Waals surface area contributed by atoms with E-state index in [2.05, 4.69) is 5.32 Å². The highest BCUT2D eigenvalue weighted by Crippen LogP contribution is 2.37. The maximum absolute atomic E-state index is 12.8. The molecule has 1 saturated heterocycles. The van der Waals surface area contributed by atoms with Crippen LogP contribution in [0.3, 0.4) is 0 Å². The Morgan fingerprint density at radius 1 is 1.12 bits per heavy atom. The molecule has 134 valence electrons. The predicted molar refractivity (Wildman–Crippen MR) is 104 cm³/mol. The van der Waals surface area contributed by atoms with Gasteiger partial charge in [-0.2, -0.15) is 0 Å². The molecule has 2 N–H and O–H groups in total. The molecule has 1 aliphatic rings. The third-order valence-electron chi connectivity index (χ3n) is 3.98. The third kappa shape index (κ3) is 3.21. The second kappa shape index (κ2) is 7.05. The number of hydrogen-bond acceptors (Lipinski definition) is 5. The van der Waals surface area contributed by atoms with Crippen LogP contribution in [0.2, 0.25) is 0 Å². The number of carbonyl (C=O) groups is 1. The van der Waals surface area contributed by atoms with Gasteiger partial charge in [0.2, 0.25) is 5.75 Å². The highest BCUT2D eigenvalue weighted by atomic mass is 32.1. The van der Waals surface area contributed by atoms with Crippen LogP contribution < -0.4 is 19.7 Å². The summed E-state index contributed by atoms with van der Waals surface area (Å²) in [6.45, 7) is 1.98. The van der Waals surface area contributed by atoms with E-state index in [1.807, 2.05) is 31.2 Å². The van der Waals surface area contributed by atoms with Gasteiger partial charge in [0.05, 0.1) is 19.9 Å². The number of aromatic hydroxyl groups is 1. The van der Waals surface area contributed by atoms with Crippen molar-refractivity contribution in [2.45, 2.75) is 6.92 Å². The summed E-state index contributed by atoms with van der Waals surface area (Å²) < 4.78 is 10.3. The summed E-state index contributed by atoms with van der Waals surface area (Å²) in [6.07, 6.45) is 1.63. The molecule has 2 aromatic rings. The van der Waals surface area contributed by atoms with Crippen LogP contribution in [0.4, 0.5) is 5.69 Å². The van der Waals surface area contributed by atoms with Crippen molar-refractivity contribution in [1.29, 1.82) is 0 Å². The normalized spacial score (nSPS) is 15.3. The minimum atomic E-state index is -0.259. The van der Waals surface area contributed by atoms with Gasteiger partial charge in [0.15, 0.2) is 16.6 Å². The Labute approximate surface area is 156 Å². The number of phenolic OH excluding ortho intramolecular Hbond substituents is 1. The van der Waals surface area contributed by atoms with Crippen LogP contribution in [0.1, 0.15) is 11.1 Å². The predicted octanol–water partition coefficient (Wildman–Crippen LogP) is 2.98. The Balaban J connectivity index is 1.97. The molecule has 0 aliphatic carbocycles. The average Bonchev–Trinajstić information content (AvgIpc) is 2.90. The Morgan fingerprint density at radius 2 is 1.69 bits per heavy atom. The zero-order valence-electron chi connectivity index (χ0n) is 14.6. The van der Waals surface area contributed by atoms with Gasteiger partial charge in [0.25, 0.3) is 5.91 Å². The summed E-state index contributed by atoms with van der Waals surface area (Å²) in [7, 11) is 2.89. The van der Waals surface area contributed by atoms with Crippen LogP contribution in [-0.4, -0.2) is 30.3 Å². The third-order valence-corrected chi connectivity index (χ3v) is 4.27. The van der Waals surface area contributed by atoms with Gasteiger partial charge in [-0.05, 0) is 55.0 Å². The van der Waals surface area contributed by atoms with Crippen LogP contribution in [0, 0.1) is 6.92 Å². The molecule has 1 amide bonds. The largest absolute Gasteiger partial charge is 0.502 e.